The highest BCUT2D eigenvalue weighted by Crippen LogP contribution is 2.25. The van der Waals surface area contributed by atoms with Gasteiger partial charge >= 0.3 is 0 Å². The monoisotopic (exact) mass is 352 g/mol. The van der Waals surface area contributed by atoms with Gasteiger partial charge in [-0.1, -0.05) is 48.4 Å². The summed E-state index contributed by atoms with van der Waals surface area (Å²) in [5, 5.41) is 3.12. The van der Waals surface area contributed by atoms with E-state index in [0.717, 1.165) is 13.1 Å². The average Bonchev–Trinajstić information content (AvgIpc) is 2.70. The van der Waals surface area contributed by atoms with Gasteiger partial charge in [0.2, 0.25) is 0 Å². The number of likely N-dealkylation sites (tertiary alicyclic amines) is 1. The average molecular weight is 352 g/mol. The Morgan fingerprint density at radius 1 is 1.08 bits per heavy atom. The molecule has 0 spiro atoms. The lowest BCUT2D eigenvalue weighted by Gasteiger charge is -2.35. The summed E-state index contributed by atoms with van der Waals surface area (Å²) in [6.07, 6.45) is 3.75. The molecule has 0 bridgehead atoms. The van der Waals surface area contributed by atoms with E-state index in [9.17, 15) is 4.79 Å². The minimum absolute atomic E-state index is 0.0865. The van der Waals surface area contributed by atoms with Crippen molar-refractivity contribution < 1.29 is 9.53 Å². The van der Waals surface area contributed by atoms with E-state index in [-0.39, 0.29) is 11.9 Å². The Morgan fingerprint density at radius 3 is 2.46 bits per heavy atom. The molecule has 0 unspecified atom stereocenters. The molecule has 0 saturated carbocycles. The molecule has 4 nitrogen and oxygen atoms in total. The maximum atomic E-state index is 12.7. The molecule has 1 fully saturated rings. The van der Waals surface area contributed by atoms with Gasteiger partial charge in [0.05, 0.1) is 18.7 Å². The molecule has 26 heavy (non-hydrogen) atoms. The number of carbonyl (C=O) groups is 1. The zero-order valence-electron chi connectivity index (χ0n) is 15.7. The third-order valence-corrected chi connectivity index (χ3v) is 5.10. The van der Waals surface area contributed by atoms with Gasteiger partial charge in [-0.05, 0) is 50.6 Å². The third kappa shape index (κ3) is 4.44. The van der Waals surface area contributed by atoms with E-state index in [1.54, 1.807) is 13.2 Å². The van der Waals surface area contributed by atoms with Crippen molar-refractivity contribution in [1.29, 1.82) is 0 Å². The molecule has 2 aromatic carbocycles. The molecule has 1 amide bonds. The van der Waals surface area contributed by atoms with Crippen LogP contribution < -0.4 is 10.1 Å². The van der Waals surface area contributed by atoms with Crippen LogP contribution in [-0.4, -0.2) is 37.6 Å². The van der Waals surface area contributed by atoms with Gasteiger partial charge in [0.15, 0.2) is 0 Å². The second-order valence-corrected chi connectivity index (χ2v) is 6.93. The van der Waals surface area contributed by atoms with E-state index in [1.807, 2.05) is 18.2 Å². The first-order valence-electron chi connectivity index (χ1n) is 9.41. The molecule has 2 aromatic rings. The highest BCUT2D eigenvalue weighted by molar-refractivity contribution is 5.96. The second kappa shape index (κ2) is 8.86. The lowest BCUT2D eigenvalue weighted by atomic mass is 10.0. The Hall–Kier alpha value is -2.33. The number of nitrogens with one attached hydrogen (secondary N) is 1. The largest absolute Gasteiger partial charge is 0.496 e. The first-order chi connectivity index (χ1) is 12.7. The number of methoxy groups -OCH3 is 1. The summed E-state index contributed by atoms with van der Waals surface area (Å²) in [7, 11) is 1.59. The lowest BCUT2D eigenvalue weighted by molar-refractivity contribution is 0.0921. The Balaban J connectivity index is 1.75. The summed E-state index contributed by atoms with van der Waals surface area (Å²) < 4.78 is 5.32. The molecule has 1 atom stereocenters. The van der Waals surface area contributed by atoms with Gasteiger partial charge in [0, 0.05) is 6.54 Å². The van der Waals surface area contributed by atoms with Gasteiger partial charge in [0.25, 0.3) is 5.91 Å². The second-order valence-electron chi connectivity index (χ2n) is 6.93. The van der Waals surface area contributed by atoms with E-state index in [1.165, 1.54) is 30.4 Å². The molecule has 1 aliphatic rings. The van der Waals surface area contributed by atoms with Crippen molar-refractivity contribution in [1.82, 2.24) is 10.2 Å². The molecule has 1 saturated heterocycles. The quantitative estimate of drug-likeness (QED) is 0.855. The highest BCUT2D eigenvalue weighted by Gasteiger charge is 2.23. The Bertz CT molecular complexity index is 721. The maximum Gasteiger partial charge on any atom is 0.255 e. The molecule has 0 radical (unpaired) electrons. The van der Waals surface area contributed by atoms with Crippen molar-refractivity contribution in [2.24, 2.45) is 0 Å². The Labute approximate surface area is 156 Å². The van der Waals surface area contributed by atoms with Crippen LogP contribution in [0.5, 0.6) is 5.75 Å². The van der Waals surface area contributed by atoms with Crippen molar-refractivity contribution in [2.75, 3.05) is 26.7 Å². The molecule has 1 N–H and O–H groups in total. The van der Waals surface area contributed by atoms with E-state index in [0.29, 0.717) is 17.9 Å². The molecule has 0 aliphatic carbocycles. The van der Waals surface area contributed by atoms with Crippen LogP contribution in [0.15, 0.2) is 48.5 Å². The van der Waals surface area contributed by atoms with E-state index in [4.69, 9.17) is 4.74 Å². The minimum atomic E-state index is -0.0865. The summed E-state index contributed by atoms with van der Waals surface area (Å²) >= 11 is 0. The van der Waals surface area contributed by atoms with Crippen molar-refractivity contribution >= 4 is 5.91 Å². The number of amides is 1. The van der Waals surface area contributed by atoms with Crippen LogP contribution in [0.25, 0.3) is 0 Å². The number of nitrogens with zero attached hydrogens (tertiary/aromatic N) is 1. The summed E-state index contributed by atoms with van der Waals surface area (Å²) in [6.45, 7) is 4.87. The van der Waals surface area contributed by atoms with Crippen LogP contribution in [0.4, 0.5) is 0 Å². The molecule has 3 rings (SSSR count). The number of hydrogen-bond acceptors (Lipinski definition) is 3. The predicted molar refractivity (Wildman–Crippen MR) is 105 cm³/mol. The van der Waals surface area contributed by atoms with Crippen molar-refractivity contribution in [3.05, 3.63) is 65.2 Å². The minimum Gasteiger partial charge on any atom is -0.496 e. The standard InChI is InChI=1S/C22H28N2O2/c1-17-10-12-18(13-11-17)20(24-14-6-3-7-15-24)16-23-22(25)19-8-4-5-9-21(19)26-2/h4-5,8-13,20H,3,6-7,14-16H2,1-2H3,(H,23,25)/t20-/m0/s1. The Kier molecular flexibility index (Phi) is 6.29. The fourth-order valence-electron chi connectivity index (χ4n) is 3.59. The summed E-state index contributed by atoms with van der Waals surface area (Å²) in [5.74, 6) is 0.520. The smallest absolute Gasteiger partial charge is 0.255 e. The zero-order chi connectivity index (χ0) is 18.4. The maximum absolute atomic E-state index is 12.7. The number of para-hydroxylation sites is 1. The van der Waals surface area contributed by atoms with E-state index in [2.05, 4.69) is 41.4 Å². The lowest BCUT2D eigenvalue weighted by Crippen LogP contribution is -2.40. The van der Waals surface area contributed by atoms with Crippen LogP contribution in [0.2, 0.25) is 0 Å². The van der Waals surface area contributed by atoms with Gasteiger partial charge in [-0.15, -0.1) is 0 Å². The number of piperidine rings is 1. The highest BCUT2D eigenvalue weighted by atomic mass is 16.5. The van der Waals surface area contributed by atoms with Crippen molar-refractivity contribution in [3.8, 4) is 5.75 Å². The normalized spacial score (nSPS) is 16.1. The van der Waals surface area contributed by atoms with Gasteiger partial charge in [-0.25, -0.2) is 0 Å². The summed E-state index contributed by atoms with van der Waals surface area (Å²) in [4.78, 5) is 15.2. The molecular formula is C22H28N2O2. The van der Waals surface area contributed by atoms with Gasteiger partial charge in [-0.2, -0.15) is 0 Å². The van der Waals surface area contributed by atoms with Gasteiger partial charge in [-0.3, -0.25) is 9.69 Å². The number of ether oxygens (including phenoxy) is 1. The van der Waals surface area contributed by atoms with Crippen molar-refractivity contribution in [2.45, 2.75) is 32.2 Å². The Morgan fingerprint density at radius 2 is 1.77 bits per heavy atom. The number of rotatable bonds is 6. The van der Waals surface area contributed by atoms with Crippen LogP contribution >= 0.6 is 0 Å². The topological polar surface area (TPSA) is 41.6 Å². The third-order valence-electron chi connectivity index (χ3n) is 5.10. The molecule has 1 aliphatic heterocycles. The van der Waals surface area contributed by atoms with E-state index < -0.39 is 0 Å². The molecule has 0 aromatic heterocycles. The number of benzene rings is 2. The number of aryl methyl sites for hydroxylation is 1. The molecular weight excluding hydrogens is 324 g/mol. The number of carbonyl (C=O) groups excluding carboxylic acids is 1. The van der Waals surface area contributed by atoms with Gasteiger partial charge < -0.3 is 10.1 Å². The predicted octanol–water partition coefficient (Wildman–Crippen LogP) is 3.96. The molecule has 1 heterocycles. The SMILES string of the molecule is COc1ccccc1C(=O)NC[C@@H](c1ccc(C)cc1)N1CCCCC1. The molecule has 4 heteroatoms. The van der Waals surface area contributed by atoms with Crippen LogP contribution in [0, 0.1) is 6.92 Å². The first-order valence-corrected chi connectivity index (χ1v) is 9.41. The van der Waals surface area contributed by atoms with E-state index >= 15 is 0 Å². The first kappa shape index (κ1) is 18.5. The summed E-state index contributed by atoms with van der Waals surface area (Å²) in [5.41, 5.74) is 3.10. The van der Waals surface area contributed by atoms with Crippen LogP contribution in [0.1, 0.15) is 46.8 Å². The zero-order valence-corrected chi connectivity index (χ0v) is 15.7. The fraction of sp³-hybridized carbons (Fsp3) is 0.409. The number of hydrogen-bond donors (Lipinski definition) is 1. The molecule has 138 valence electrons. The van der Waals surface area contributed by atoms with Crippen LogP contribution in [-0.2, 0) is 0 Å². The summed E-state index contributed by atoms with van der Waals surface area (Å²) in [6, 6.07) is 16.2. The van der Waals surface area contributed by atoms with Crippen LogP contribution in [0.3, 0.4) is 0 Å². The fourth-order valence-corrected chi connectivity index (χ4v) is 3.59. The van der Waals surface area contributed by atoms with Crippen molar-refractivity contribution in [3.63, 3.8) is 0 Å². The van der Waals surface area contributed by atoms with Gasteiger partial charge in [0.1, 0.15) is 5.75 Å².